The summed E-state index contributed by atoms with van der Waals surface area (Å²) in [6.07, 6.45) is 11.8. The van der Waals surface area contributed by atoms with Gasteiger partial charge in [0.25, 0.3) is 0 Å². The second-order valence-corrected chi connectivity index (χ2v) is 11.3. The third-order valence-corrected chi connectivity index (χ3v) is 8.32. The molecule has 0 radical (unpaired) electrons. The van der Waals surface area contributed by atoms with Gasteiger partial charge in [-0.3, -0.25) is 0 Å². The Morgan fingerprint density at radius 2 is 1.49 bits per heavy atom. The van der Waals surface area contributed by atoms with Crippen LogP contribution < -0.4 is 16.4 Å². The van der Waals surface area contributed by atoms with E-state index in [1.807, 2.05) is 27.8 Å². The molecule has 16 nitrogen and oxygen atoms in total. The highest BCUT2D eigenvalue weighted by Crippen LogP contribution is 2.31. The van der Waals surface area contributed by atoms with Crippen LogP contribution in [0.15, 0.2) is 25.3 Å². The standard InChI is InChI=1S/C27H31N15O/c1-40-13-34-18-21(29-10-31-24(18)40)36-15-7-16(43-9-15)8-42-25-19(22(30-11-32-25)35-14-5-3-4-6-14)37-27(42)23-38-20(28)17-26(39-23)41(2)12-33-17/h10-16H,3-9H2,1-2H3,(H2,28,38,39)(H,29,31,36)(H,30,32,35). The Hall–Kier alpha value is -4.99. The highest BCUT2D eigenvalue weighted by atomic mass is 16.5. The lowest BCUT2D eigenvalue weighted by atomic mass is 10.1. The lowest BCUT2D eigenvalue weighted by molar-refractivity contribution is 0.0974. The highest BCUT2D eigenvalue weighted by Gasteiger charge is 2.30. The summed E-state index contributed by atoms with van der Waals surface area (Å²) in [6.45, 7) is 0.998. The molecule has 2 atom stereocenters. The molecule has 7 heterocycles. The van der Waals surface area contributed by atoms with Crippen molar-refractivity contribution in [2.24, 2.45) is 14.1 Å². The van der Waals surface area contributed by atoms with E-state index >= 15 is 0 Å². The number of hydrogen-bond donors (Lipinski definition) is 3. The summed E-state index contributed by atoms with van der Waals surface area (Å²) in [7, 11) is 3.79. The smallest absolute Gasteiger partial charge is 0.200 e. The number of nitrogens with one attached hydrogen (secondary N) is 2. The van der Waals surface area contributed by atoms with Gasteiger partial charge in [0.15, 0.2) is 51.6 Å². The average molecular weight is 582 g/mol. The van der Waals surface area contributed by atoms with E-state index in [9.17, 15) is 0 Å². The minimum absolute atomic E-state index is 0.0373. The molecule has 0 amide bonds. The molecule has 6 aromatic heterocycles. The summed E-state index contributed by atoms with van der Waals surface area (Å²) in [4.78, 5) is 41.3. The second-order valence-electron chi connectivity index (χ2n) is 11.3. The first-order chi connectivity index (χ1) is 21.0. The number of nitrogens with two attached hydrogens (primary N) is 1. The number of rotatable bonds is 7. The van der Waals surface area contributed by atoms with Gasteiger partial charge in [0.05, 0.1) is 38.0 Å². The zero-order valence-corrected chi connectivity index (χ0v) is 23.8. The topological polar surface area (TPSA) is 190 Å². The number of hydrogen-bond acceptors (Lipinski definition) is 13. The number of nitrogen functional groups attached to an aromatic ring is 1. The first-order valence-electron chi connectivity index (χ1n) is 14.4. The van der Waals surface area contributed by atoms with Crippen molar-refractivity contribution in [2.45, 2.75) is 56.8 Å². The minimum atomic E-state index is -0.131. The van der Waals surface area contributed by atoms with Gasteiger partial charge >= 0.3 is 0 Å². The lowest BCUT2D eigenvalue weighted by Gasteiger charge is -2.15. The van der Waals surface area contributed by atoms with Crippen LogP contribution in [0.4, 0.5) is 17.5 Å². The fourth-order valence-electron chi connectivity index (χ4n) is 6.16. The van der Waals surface area contributed by atoms with Gasteiger partial charge in [0.1, 0.15) is 23.7 Å². The van der Waals surface area contributed by atoms with Gasteiger partial charge < -0.3 is 34.8 Å². The van der Waals surface area contributed by atoms with E-state index in [4.69, 9.17) is 20.4 Å². The van der Waals surface area contributed by atoms with Crippen LogP contribution in [0.5, 0.6) is 0 Å². The van der Waals surface area contributed by atoms with Crippen molar-refractivity contribution in [3.8, 4) is 11.6 Å². The molecule has 16 heteroatoms. The van der Waals surface area contributed by atoms with E-state index in [1.165, 1.54) is 12.8 Å². The van der Waals surface area contributed by atoms with Gasteiger partial charge in [0, 0.05) is 20.1 Å². The fraction of sp³-hybridized carbons (Fsp3) is 0.444. The maximum absolute atomic E-state index is 6.33. The number of ether oxygens (including phenoxy) is 1. The van der Waals surface area contributed by atoms with Crippen LogP contribution in [-0.4, -0.2) is 83.4 Å². The summed E-state index contributed by atoms with van der Waals surface area (Å²) >= 11 is 0. The van der Waals surface area contributed by atoms with Crippen molar-refractivity contribution in [3.63, 3.8) is 0 Å². The Kier molecular flexibility index (Phi) is 6.02. The normalized spacial score (nSPS) is 19.3. The van der Waals surface area contributed by atoms with Crippen LogP contribution in [0.25, 0.3) is 45.1 Å². The molecule has 1 saturated carbocycles. The van der Waals surface area contributed by atoms with E-state index in [-0.39, 0.29) is 12.1 Å². The first-order valence-corrected chi connectivity index (χ1v) is 14.4. The number of anilines is 3. The number of imidazole rings is 3. The SMILES string of the molecule is Cn1cnc2c(N)nc(-c3nc4c(NC5CCCC5)ncnc4n3CC3CC(Nc4ncnc5c4ncn5C)CO3)nc21. The first kappa shape index (κ1) is 25.7. The summed E-state index contributed by atoms with van der Waals surface area (Å²) in [6, 6.07) is 0.400. The largest absolute Gasteiger partial charge is 0.382 e. The van der Waals surface area contributed by atoms with Crippen LogP contribution in [-0.2, 0) is 25.4 Å². The maximum atomic E-state index is 6.33. The molecule has 4 N–H and O–H groups in total. The zero-order chi connectivity index (χ0) is 29.1. The molecule has 1 aliphatic carbocycles. The predicted molar refractivity (Wildman–Crippen MR) is 159 cm³/mol. The van der Waals surface area contributed by atoms with Gasteiger partial charge in [-0.2, -0.15) is 0 Å². The summed E-state index contributed by atoms with van der Waals surface area (Å²) in [5.41, 5.74) is 10.4. The zero-order valence-electron chi connectivity index (χ0n) is 23.8. The molecule has 1 saturated heterocycles. The Labute approximate surface area is 245 Å². The monoisotopic (exact) mass is 581 g/mol. The highest BCUT2D eigenvalue weighted by molar-refractivity contribution is 5.88. The molecule has 2 fully saturated rings. The predicted octanol–water partition coefficient (Wildman–Crippen LogP) is 2.05. The van der Waals surface area contributed by atoms with E-state index in [1.54, 1.807) is 25.3 Å². The van der Waals surface area contributed by atoms with Crippen LogP contribution in [0.3, 0.4) is 0 Å². The van der Waals surface area contributed by atoms with Crippen LogP contribution in [0.2, 0.25) is 0 Å². The summed E-state index contributed by atoms with van der Waals surface area (Å²) in [5, 5.41) is 7.11. The lowest BCUT2D eigenvalue weighted by Crippen LogP contribution is -2.22. The Morgan fingerprint density at radius 1 is 0.791 bits per heavy atom. The maximum Gasteiger partial charge on any atom is 0.200 e. The molecule has 43 heavy (non-hydrogen) atoms. The van der Waals surface area contributed by atoms with Gasteiger partial charge in [-0.25, -0.2) is 44.9 Å². The summed E-state index contributed by atoms with van der Waals surface area (Å²) in [5.74, 6) is 2.64. The average Bonchev–Trinajstić information content (AvgIpc) is 3.84. The third-order valence-electron chi connectivity index (χ3n) is 8.32. The molecule has 2 aliphatic rings. The molecule has 2 unspecified atom stereocenters. The van der Waals surface area contributed by atoms with Gasteiger partial charge in [-0.05, 0) is 19.3 Å². The van der Waals surface area contributed by atoms with Crippen molar-refractivity contribution in [1.29, 1.82) is 0 Å². The third kappa shape index (κ3) is 4.45. The van der Waals surface area contributed by atoms with E-state index in [2.05, 4.69) is 45.5 Å². The minimum Gasteiger partial charge on any atom is -0.382 e. The molecule has 8 rings (SSSR count). The molecule has 0 bridgehead atoms. The molecule has 0 aromatic carbocycles. The van der Waals surface area contributed by atoms with E-state index < -0.39 is 0 Å². The number of fused-ring (bicyclic) bond motifs is 3. The quantitative estimate of drug-likeness (QED) is 0.248. The van der Waals surface area contributed by atoms with Crippen LogP contribution in [0.1, 0.15) is 32.1 Å². The van der Waals surface area contributed by atoms with Gasteiger partial charge in [-0.1, -0.05) is 12.8 Å². The molecular formula is C27H31N15O. The molecule has 220 valence electrons. The Balaban J connectivity index is 1.14. The van der Waals surface area contributed by atoms with Crippen molar-refractivity contribution in [2.75, 3.05) is 23.0 Å². The fourth-order valence-corrected chi connectivity index (χ4v) is 6.16. The number of nitrogens with zero attached hydrogens (tertiary/aromatic N) is 12. The summed E-state index contributed by atoms with van der Waals surface area (Å²) < 4.78 is 12.0. The van der Waals surface area contributed by atoms with Crippen LogP contribution in [0, 0.1) is 0 Å². The molecular weight excluding hydrogens is 550 g/mol. The van der Waals surface area contributed by atoms with Gasteiger partial charge in [-0.15, -0.1) is 0 Å². The molecule has 1 aliphatic heterocycles. The van der Waals surface area contributed by atoms with Crippen molar-refractivity contribution < 1.29 is 4.74 Å². The van der Waals surface area contributed by atoms with Crippen molar-refractivity contribution in [1.82, 2.24) is 58.6 Å². The van der Waals surface area contributed by atoms with E-state index in [0.717, 1.165) is 30.4 Å². The number of aryl methyl sites for hydroxylation is 2. The van der Waals surface area contributed by atoms with Crippen molar-refractivity contribution >= 4 is 50.9 Å². The Morgan fingerprint density at radius 3 is 2.30 bits per heavy atom. The second kappa shape index (κ2) is 10.1. The van der Waals surface area contributed by atoms with Crippen LogP contribution >= 0.6 is 0 Å². The Bertz CT molecular complexity index is 1970. The van der Waals surface area contributed by atoms with Crippen molar-refractivity contribution in [3.05, 3.63) is 25.3 Å². The van der Waals surface area contributed by atoms with E-state index in [0.29, 0.717) is 70.6 Å². The van der Waals surface area contributed by atoms with Gasteiger partial charge in [0.2, 0.25) is 0 Å². The molecule has 0 spiro atoms. The molecule has 6 aromatic rings. The number of aromatic nitrogens is 12.